The van der Waals surface area contributed by atoms with Crippen molar-refractivity contribution in [2.45, 2.75) is 54.6 Å². The van der Waals surface area contributed by atoms with Crippen molar-refractivity contribution in [1.82, 2.24) is 9.21 Å². The summed E-state index contributed by atoms with van der Waals surface area (Å²) in [5, 5.41) is 1.39. The fourth-order valence-electron chi connectivity index (χ4n) is 6.95. The minimum Gasteiger partial charge on any atom is -0.484 e. The number of piperidine rings is 1. The Morgan fingerprint density at radius 2 is 1.49 bits per heavy atom. The second-order valence-corrected chi connectivity index (χ2v) is 15.4. The van der Waals surface area contributed by atoms with Gasteiger partial charge in [-0.25, -0.2) is 8.42 Å². The number of carbonyl (C=O) groups is 1. The number of hydrogen-bond acceptors (Lipinski definition) is 6. The summed E-state index contributed by atoms with van der Waals surface area (Å²) in [6.45, 7) is 0.576. The van der Waals surface area contributed by atoms with Crippen LogP contribution < -0.4 is 10.5 Å². The smallest absolute Gasteiger partial charge is 0.255 e. The van der Waals surface area contributed by atoms with Crippen molar-refractivity contribution in [3.8, 4) is 5.75 Å². The van der Waals surface area contributed by atoms with Gasteiger partial charge in [0.05, 0.1) is 17.0 Å². The van der Waals surface area contributed by atoms with E-state index in [4.69, 9.17) is 38.7 Å². The van der Waals surface area contributed by atoms with Crippen LogP contribution in [0.4, 0.5) is 0 Å². The lowest BCUT2D eigenvalue weighted by atomic mass is 9.81. The molecule has 2 unspecified atom stereocenters. The van der Waals surface area contributed by atoms with Gasteiger partial charge in [0.1, 0.15) is 11.6 Å². The normalized spacial score (nSPS) is 21.8. The first-order valence-electron chi connectivity index (χ1n) is 16.0. The molecule has 7 rings (SSSR count). The summed E-state index contributed by atoms with van der Waals surface area (Å²) in [4.78, 5) is 19.0. The summed E-state index contributed by atoms with van der Waals surface area (Å²) in [6, 6.07) is 22.4. The monoisotopic (exact) mass is 690 g/mol. The van der Waals surface area contributed by atoms with Gasteiger partial charge in [0.15, 0.2) is 6.61 Å². The van der Waals surface area contributed by atoms with E-state index in [0.29, 0.717) is 47.6 Å². The Morgan fingerprint density at radius 1 is 0.894 bits per heavy atom. The average Bonchev–Trinajstić information content (AvgIpc) is 3.86. The number of carbonyl (C=O) groups excluding carboxylic acids is 1. The Hall–Kier alpha value is -3.63. The van der Waals surface area contributed by atoms with Crippen LogP contribution in [0.1, 0.15) is 42.7 Å². The predicted molar refractivity (Wildman–Crippen MR) is 184 cm³/mol. The van der Waals surface area contributed by atoms with E-state index in [2.05, 4.69) is 47.4 Å². The third-order valence-corrected chi connectivity index (χ3v) is 11.8. The molecule has 1 amide bonds. The van der Waals surface area contributed by atoms with Crippen molar-refractivity contribution in [2.24, 2.45) is 16.6 Å². The molecule has 0 spiro atoms. The molecule has 244 valence electrons. The van der Waals surface area contributed by atoms with E-state index in [1.807, 2.05) is 24.3 Å². The lowest BCUT2D eigenvalue weighted by Gasteiger charge is -2.41. The standard InChI is InChI=1S/C36H36Cl2N4O4S/c37-27-8-3-23(4-9-27)35(24-5-10-28(38)11-6-24)26-7-16-32-33(21-26)42(36(40-32)25-1-2-25)29-17-19-41(20-18-29)47(44,45)31-14-12-30(13-15-31)46-22-34(39)43/h3-16,21,25,29,32-33,35H,1-2,17-20,22H2,(H2,39,43). The van der Waals surface area contributed by atoms with Crippen LogP contribution in [0.2, 0.25) is 10.0 Å². The van der Waals surface area contributed by atoms with Gasteiger partial charge in [-0.3, -0.25) is 9.79 Å². The van der Waals surface area contributed by atoms with E-state index in [1.165, 1.54) is 23.5 Å². The van der Waals surface area contributed by atoms with Crippen LogP contribution in [0.3, 0.4) is 0 Å². The molecule has 0 aromatic heterocycles. The second-order valence-electron chi connectivity index (χ2n) is 12.6. The van der Waals surface area contributed by atoms with Crippen molar-refractivity contribution >= 4 is 45.0 Å². The number of aliphatic imine (C=N–C) groups is 1. The van der Waals surface area contributed by atoms with Crippen LogP contribution in [0.25, 0.3) is 0 Å². The maximum atomic E-state index is 13.6. The molecule has 8 nitrogen and oxygen atoms in total. The Bertz CT molecular complexity index is 1790. The van der Waals surface area contributed by atoms with Gasteiger partial charge in [-0.15, -0.1) is 0 Å². The summed E-state index contributed by atoms with van der Waals surface area (Å²) < 4.78 is 34.0. The van der Waals surface area contributed by atoms with Crippen LogP contribution in [0.5, 0.6) is 5.75 Å². The molecule has 2 N–H and O–H groups in total. The number of amides is 1. The van der Waals surface area contributed by atoms with Gasteiger partial charge in [-0.2, -0.15) is 4.31 Å². The van der Waals surface area contributed by atoms with E-state index in [-0.39, 0.29) is 35.5 Å². The number of nitrogens with two attached hydrogens (primary N) is 1. The molecule has 2 aliphatic heterocycles. The molecule has 4 aliphatic rings. The molecule has 0 bridgehead atoms. The fraction of sp³-hybridized carbons (Fsp3) is 0.333. The first-order valence-corrected chi connectivity index (χ1v) is 18.1. The van der Waals surface area contributed by atoms with Crippen molar-refractivity contribution in [1.29, 1.82) is 0 Å². The van der Waals surface area contributed by atoms with E-state index in [1.54, 1.807) is 16.4 Å². The zero-order chi connectivity index (χ0) is 32.7. The molecule has 11 heteroatoms. The van der Waals surface area contributed by atoms with Gasteiger partial charge >= 0.3 is 0 Å². The molecule has 1 saturated heterocycles. The van der Waals surface area contributed by atoms with Crippen molar-refractivity contribution in [3.05, 3.63) is 118 Å². The third kappa shape index (κ3) is 6.72. The molecule has 0 radical (unpaired) electrons. The highest BCUT2D eigenvalue weighted by Crippen LogP contribution is 2.43. The first kappa shape index (κ1) is 31.9. The quantitative estimate of drug-likeness (QED) is 0.273. The summed E-state index contributed by atoms with van der Waals surface area (Å²) in [6.07, 6.45) is 10.5. The number of amidine groups is 1. The van der Waals surface area contributed by atoms with E-state index in [0.717, 1.165) is 24.0 Å². The number of hydrogen-bond donors (Lipinski definition) is 1. The highest BCUT2D eigenvalue weighted by molar-refractivity contribution is 7.89. The fourth-order valence-corrected chi connectivity index (χ4v) is 8.67. The Morgan fingerprint density at radius 3 is 2.04 bits per heavy atom. The van der Waals surface area contributed by atoms with Crippen molar-refractivity contribution in [3.63, 3.8) is 0 Å². The van der Waals surface area contributed by atoms with Gasteiger partial charge in [0.2, 0.25) is 10.0 Å². The number of nitrogens with zero attached hydrogens (tertiary/aromatic N) is 3. The molecular weight excluding hydrogens is 655 g/mol. The predicted octanol–water partition coefficient (Wildman–Crippen LogP) is 6.20. The summed E-state index contributed by atoms with van der Waals surface area (Å²) in [5.74, 6) is 1.42. The number of benzene rings is 3. The molecule has 2 aliphatic carbocycles. The van der Waals surface area contributed by atoms with Crippen LogP contribution >= 0.6 is 23.2 Å². The topological polar surface area (TPSA) is 105 Å². The SMILES string of the molecule is NC(=O)COc1ccc(S(=O)(=O)N2CCC(N3C(C4CC4)=NC4C=CC(C(c5ccc(Cl)cc5)c5ccc(Cl)cc5)=CC43)CC2)cc1. The highest BCUT2D eigenvalue weighted by Gasteiger charge is 2.46. The van der Waals surface area contributed by atoms with Gasteiger partial charge in [-0.1, -0.05) is 65.7 Å². The average molecular weight is 692 g/mol. The Balaban J connectivity index is 1.12. The maximum Gasteiger partial charge on any atom is 0.255 e. The Kier molecular flexibility index (Phi) is 8.91. The van der Waals surface area contributed by atoms with Crippen molar-refractivity contribution in [2.75, 3.05) is 19.7 Å². The van der Waals surface area contributed by atoms with E-state index >= 15 is 0 Å². The van der Waals surface area contributed by atoms with Crippen LogP contribution in [0.15, 0.2) is 106 Å². The lowest BCUT2D eigenvalue weighted by molar-refractivity contribution is -0.119. The van der Waals surface area contributed by atoms with Crippen LogP contribution in [-0.2, 0) is 14.8 Å². The summed E-state index contributed by atoms with van der Waals surface area (Å²) in [5.41, 5.74) is 8.62. The number of fused-ring (bicyclic) bond motifs is 1. The summed E-state index contributed by atoms with van der Waals surface area (Å²) >= 11 is 12.5. The Labute approximate surface area is 285 Å². The van der Waals surface area contributed by atoms with Gasteiger partial charge in [-0.05, 0) is 90.9 Å². The third-order valence-electron chi connectivity index (χ3n) is 9.41. The van der Waals surface area contributed by atoms with E-state index in [9.17, 15) is 13.2 Å². The molecule has 1 saturated carbocycles. The minimum absolute atomic E-state index is 0.00636. The molecule has 3 aromatic carbocycles. The largest absolute Gasteiger partial charge is 0.484 e. The zero-order valence-electron chi connectivity index (χ0n) is 25.7. The molecule has 3 aromatic rings. The highest BCUT2D eigenvalue weighted by atomic mass is 35.5. The molecule has 2 fully saturated rings. The van der Waals surface area contributed by atoms with Crippen molar-refractivity contribution < 1.29 is 17.9 Å². The number of ether oxygens (including phenoxy) is 1. The maximum absolute atomic E-state index is 13.6. The number of sulfonamides is 1. The first-order chi connectivity index (χ1) is 22.7. The molecule has 2 atom stereocenters. The van der Waals surface area contributed by atoms with Crippen LogP contribution in [-0.4, -0.2) is 67.2 Å². The van der Waals surface area contributed by atoms with Gasteiger partial charge in [0.25, 0.3) is 5.91 Å². The second kappa shape index (κ2) is 13.1. The van der Waals surface area contributed by atoms with Gasteiger partial charge in [0, 0.05) is 41.0 Å². The van der Waals surface area contributed by atoms with Crippen LogP contribution in [0, 0.1) is 5.92 Å². The summed E-state index contributed by atoms with van der Waals surface area (Å²) in [7, 11) is -3.69. The number of halogens is 2. The molecule has 47 heavy (non-hydrogen) atoms. The van der Waals surface area contributed by atoms with E-state index < -0.39 is 15.9 Å². The molecule has 2 heterocycles. The van der Waals surface area contributed by atoms with Gasteiger partial charge < -0.3 is 15.4 Å². The number of rotatable bonds is 10. The zero-order valence-corrected chi connectivity index (χ0v) is 28.0. The number of primary amides is 1. The molecular formula is C36H36Cl2N4O4S. The minimum atomic E-state index is -3.69. The number of allylic oxidation sites excluding steroid dienone is 2. The lowest BCUT2D eigenvalue weighted by Crippen LogP contribution is -2.52.